The topological polar surface area (TPSA) is 98.2 Å². The van der Waals surface area contributed by atoms with Crippen molar-refractivity contribution in [1.29, 1.82) is 0 Å². The fraction of sp³-hybridized carbons (Fsp3) is 0.0625. The number of rotatable bonds is 5. The molecule has 128 valence electrons. The van der Waals surface area contributed by atoms with E-state index in [9.17, 15) is 13.2 Å². The predicted molar refractivity (Wildman–Crippen MR) is 93.3 cm³/mol. The Morgan fingerprint density at radius 3 is 2.48 bits per heavy atom. The van der Waals surface area contributed by atoms with Gasteiger partial charge in [0.1, 0.15) is 5.75 Å². The Balaban J connectivity index is 1.72. The van der Waals surface area contributed by atoms with Gasteiger partial charge in [0.2, 0.25) is 0 Å². The molecule has 1 N–H and O–H groups in total. The van der Waals surface area contributed by atoms with Gasteiger partial charge >= 0.3 is 10.1 Å². The van der Waals surface area contributed by atoms with E-state index in [1.165, 1.54) is 47.9 Å². The number of thiazole rings is 1. The van der Waals surface area contributed by atoms with E-state index in [0.29, 0.717) is 10.7 Å². The third-order valence-electron chi connectivity index (χ3n) is 3.12. The lowest BCUT2D eigenvalue weighted by Gasteiger charge is -2.07. The average molecular weight is 375 g/mol. The molecule has 2 aromatic heterocycles. The van der Waals surface area contributed by atoms with Crippen LogP contribution in [0.3, 0.4) is 0 Å². The molecule has 0 atom stereocenters. The number of hydrogen-bond acceptors (Lipinski definition) is 7. The molecule has 9 heteroatoms. The Kier molecular flexibility index (Phi) is 4.77. The van der Waals surface area contributed by atoms with Crippen molar-refractivity contribution in [3.8, 4) is 5.75 Å². The molecule has 2 heterocycles. The van der Waals surface area contributed by atoms with Gasteiger partial charge in [-0.2, -0.15) is 8.42 Å². The van der Waals surface area contributed by atoms with Gasteiger partial charge in [0.15, 0.2) is 10.2 Å². The maximum absolute atomic E-state index is 12.2. The molecule has 0 unspecified atom stereocenters. The van der Waals surface area contributed by atoms with Crippen molar-refractivity contribution in [3.05, 3.63) is 65.3 Å². The molecule has 0 aliphatic heterocycles. The second-order valence-electron chi connectivity index (χ2n) is 5.03. The summed E-state index contributed by atoms with van der Waals surface area (Å²) in [5.41, 5.74) is 1.20. The maximum Gasteiger partial charge on any atom is 0.356 e. The van der Waals surface area contributed by atoms with Crippen LogP contribution in [0.1, 0.15) is 15.9 Å². The van der Waals surface area contributed by atoms with Crippen LogP contribution < -0.4 is 9.50 Å². The van der Waals surface area contributed by atoms with Gasteiger partial charge in [0, 0.05) is 23.3 Å². The van der Waals surface area contributed by atoms with Crippen LogP contribution in [0.15, 0.2) is 59.2 Å². The van der Waals surface area contributed by atoms with Crippen molar-refractivity contribution in [2.45, 2.75) is 11.9 Å². The Hall–Kier alpha value is -2.78. The first-order valence-electron chi connectivity index (χ1n) is 7.12. The minimum Gasteiger partial charge on any atom is -0.378 e. The zero-order chi connectivity index (χ0) is 17.9. The van der Waals surface area contributed by atoms with Crippen molar-refractivity contribution >= 4 is 32.5 Å². The fourth-order valence-electron chi connectivity index (χ4n) is 1.89. The van der Waals surface area contributed by atoms with Gasteiger partial charge < -0.3 is 4.18 Å². The number of amides is 1. The summed E-state index contributed by atoms with van der Waals surface area (Å²) in [6.45, 7) is 1.81. The summed E-state index contributed by atoms with van der Waals surface area (Å²) in [6, 6.07) is 8.76. The van der Waals surface area contributed by atoms with Gasteiger partial charge in [-0.15, -0.1) is 11.3 Å². The van der Waals surface area contributed by atoms with Gasteiger partial charge in [0.05, 0.1) is 0 Å². The van der Waals surface area contributed by atoms with Crippen LogP contribution in [0.5, 0.6) is 5.75 Å². The number of pyridine rings is 1. The second kappa shape index (κ2) is 6.99. The number of carbonyl (C=O) groups is 1. The molecular formula is C16H13N3O4S2. The van der Waals surface area contributed by atoms with Crippen LogP contribution in [0, 0.1) is 6.92 Å². The molecule has 0 spiro atoms. The highest BCUT2D eigenvalue weighted by Gasteiger charge is 2.18. The number of anilines is 1. The number of aryl methyl sites for hydroxylation is 1. The summed E-state index contributed by atoms with van der Waals surface area (Å²) in [5, 5.41) is 4.69. The highest BCUT2D eigenvalue weighted by atomic mass is 32.2. The minimum absolute atomic E-state index is 0.0909. The van der Waals surface area contributed by atoms with Crippen molar-refractivity contribution in [1.82, 2.24) is 9.97 Å². The summed E-state index contributed by atoms with van der Waals surface area (Å²) >= 11 is 1.30. The zero-order valence-electron chi connectivity index (χ0n) is 13.0. The molecule has 7 nitrogen and oxygen atoms in total. The second-order valence-corrected chi connectivity index (χ2v) is 7.41. The average Bonchev–Trinajstić information content (AvgIpc) is 3.08. The zero-order valence-corrected chi connectivity index (χ0v) is 14.7. The normalized spacial score (nSPS) is 11.1. The summed E-state index contributed by atoms with van der Waals surface area (Å²) in [6.07, 6.45) is 3.03. The largest absolute Gasteiger partial charge is 0.378 e. The van der Waals surface area contributed by atoms with Crippen LogP contribution in [-0.4, -0.2) is 24.3 Å². The molecule has 25 heavy (non-hydrogen) atoms. The van der Waals surface area contributed by atoms with Gasteiger partial charge in [-0.3, -0.25) is 10.1 Å². The molecule has 0 saturated carbocycles. The number of hydrogen-bond donors (Lipinski definition) is 1. The molecule has 0 fully saturated rings. The van der Waals surface area contributed by atoms with Crippen LogP contribution in [0.25, 0.3) is 0 Å². The molecule has 0 aliphatic rings. The summed E-state index contributed by atoms with van der Waals surface area (Å²) < 4.78 is 29.4. The molecule has 1 aromatic carbocycles. The van der Waals surface area contributed by atoms with E-state index in [1.807, 2.05) is 0 Å². The summed E-state index contributed by atoms with van der Waals surface area (Å²) in [5.74, 6) is -0.252. The molecule has 0 radical (unpaired) electrons. The molecule has 0 bridgehead atoms. The number of nitrogens with one attached hydrogen (secondary N) is 1. The Morgan fingerprint density at radius 2 is 1.88 bits per heavy atom. The maximum atomic E-state index is 12.2. The standard InChI is InChI=1S/C16H13N3O4S2/c1-11-2-7-14(18-10-11)25(21,22)23-13-5-3-12(4-6-13)15(20)19-16-17-8-9-24-16/h2-10H,1H3,(H,17,19,20). The van der Waals surface area contributed by atoms with E-state index in [2.05, 4.69) is 15.3 Å². The number of carbonyl (C=O) groups excluding carboxylic acids is 1. The highest BCUT2D eigenvalue weighted by molar-refractivity contribution is 7.87. The monoisotopic (exact) mass is 375 g/mol. The van der Waals surface area contributed by atoms with Crippen molar-refractivity contribution in [2.24, 2.45) is 0 Å². The molecule has 1 amide bonds. The quantitative estimate of drug-likeness (QED) is 0.689. The lowest BCUT2D eigenvalue weighted by Crippen LogP contribution is -2.13. The molecule has 0 aliphatic carbocycles. The number of aromatic nitrogens is 2. The third kappa shape index (κ3) is 4.20. The fourth-order valence-corrected chi connectivity index (χ4v) is 3.28. The Bertz CT molecular complexity index is 967. The summed E-state index contributed by atoms with van der Waals surface area (Å²) in [4.78, 5) is 19.9. The van der Waals surface area contributed by atoms with E-state index in [0.717, 1.165) is 5.56 Å². The first-order chi connectivity index (χ1) is 11.9. The van der Waals surface area contributed by atoms with E-state index in [-0.39, 0.29) is 16.7 Å². The van der Waals surface area contributed by atoms with Crippen LogP contribution in [0.2, 0.25) is 0 Å². The van der Waals surface area contributed by atoms with Crippen LogP contribution in [0.4, 0.5) is 5.13 Å². The Labute approximate surface area is 148 Å². The first-order valence-corrected chi connectivity index (χ1v) is 9.41. The third-order valence-corrected chi connectivity index (χ3v) is 4.97. The Morgan fingerprint density at radius 1 is 1.12 bits per heavy atom. The lowest BCUT2D eigenvalue weighted by atomic mass is 10.2. The SMILES string of the molecule is Cc1ccc(S(=O)(=O)Oc2ccc(C(=O)Nc3nccs3)cc2)nc1. The van der Waals surface area contributed by atoms with Crippen molar-refractivity contribution in [3.63, 3.8) is 0 Å². The van der Waals surface area contributed by atoms with Crippen molar-refractivity contribution in [2.75, 3.05) is 5.32 Å². The van der Waals surface area contributed by atoms with Gasteiger partial charge in [-0.25, -0.2) is 9.97 Å². The number of nitrogens with zero attached hydrogens (tertiary/aromatic N) is 2. The van der Waals surface area contributed by atoms with E-state index < -0.39 is 10.1 Å². The van der Waals surface area contributed by atoms with Gasteiger partial charge in [-0.05, 0) is 42.8 Å². The smallest absolute Gasteiger partial charge is 0.356 e. The van der Waals surface area contributed by atoms with Gasteiger partial charge in [0.25, 0.3) is 5.91 Å². The summed E-state index contributed by atoms with van der Waals surface area (Å²) in [7, 11) is -4.02. The van der Waals surface area contributed by atoms with E-state index in [1.54, 1.807) is 24.6 Å². The molecule has 3 rings (SSSR count). The van der Waals surface area contributed by atoms with E-state index in [4.69, 9.17) is 4.18 Å². The lowest BCUT2D eigenvalue weighted by molar-refractivity contribution is 0.102. The van der Waals surface area contributed by atoms with Gasteiger partial charge in [-0.1, -0.05) is 6.07 Å². The first kappa shape index (κ1) is 17.1. The minimum atomic E-state index is -4.02. The molecular weight excluding hydrogens is 362 g/mol. The molecule has 3 aromatic rings. The predicted octanol–water partition coefficient (Wildman–Crippen LogP) is 2.87. The van der Waals surface area contributed by atoms with Crippen molar-refractivity contribution < 1.29 is 17.4 Å². The van der Waals surface area contributed by atoms with E-state index >= 15 is 0 Å². The molecule has 0 saturated heterocycles. The van der Waals surface area contributed by atoms with Crippen LogP contribution in [-0.2, 0) is 10.1 Å². The van der Waals surface area contributed by atoms with Crippen LogP contribution >= 0.6 is 11.3 Å². The highest BCUT2D eigenvalue weighted by Crippen LogP contribution is 2.19. The number of benzene rings is 1.